The van der Waals surface area contributed by atoms with E-state index in [1.54, 1.807) is 0 Å². The first kappa shape index (κ1) is 18.3. The molecule has 0 unspecified atom stereocenters. The van der Waals surface area contributed by atoms with Crippen LogP contribution in [0.4, 0.5) is 0 Å². The van der Waals surface area contributed by atoms with Crippen LogP contribution in [0.2, 0.25) is 0 Å². The fourth-order valence-corrected chi connectivity index (χ4v) is 3.21. The van der Waals surface area contributed by atoms with Gasteiger partial charge in [0.1, 0.15) is 0 Å². The number of amides is 1. The highest BCUT2D eigenvalue weighted by Gasteiger charge is 2.12. The molecule has 128 valence electrons. The number of hydrogen-bond acceptors (Lipinski definition) is 1. The van der Waals surface area contributed by atoms with Gasteiger partial charge in [-0.3, -0.25) is 4.79 Å². The van der Waals surface area contributed by atoms with E-state index in [2.05, 4.69) is 38.1 Å². The Bertz CT molecular complexity index is 635. The van der Waals surface area contributed by atoms with Crippen LogP contribution in [-0.2, 0) is 0 Å². The first-order valence-electron chi connectivity index (χ1n) is 9.14. The van der Waals surface area contributed by atoms with Gasteiger partial charge in [0.15, 0.2) is 0 Å². The minimum Gasteiger partial charge on any atom is -0.339 e. The molecule has 0 aliphatic heterocycles. The molecular weight excluding hydrogens is 294 g/mol. The Morgan fingerprint density at radius 1 is 0.792 bits per heavy atom. The second-order valence-corrected chi connectivity index (χ2v) is 6.19. The standard InChI is InChI=1S/C22H29NO/c1-5-17(6-2)18-9-11-19(12-10-18)20-13-15-21(16-14-20)22(24)23(7-3)8-4/h9-17H,5-8H2,1-4H3. The van der Waals surface area contributed by atoms with Gasteiger partial charge < -0.3 is 4.90 Å². The minimum absolute atomic E-state index is 0.107. The SMILES string of the molecule is CCC(CC)c1ccc(-c2ccc(C(=O)N(CC)CC)cc2)cc1. The van der Waals surface area contributed by atoms with Crippen LogP contribution < -0.4 is 0 Å². The smallest absolute Gasteiger partial charge is 0.253 e. The van der Waals surface area contributed by atoms with Gasteiger partial charge in [-0.15, -0.1) is 0 Å². The molecule has 2 aromatic carbocycles. The first-order chi connectivity index (χ1) is 11.6. The molecule has 1 amide bonds. The summed E-state index contributed by atoms with van der Waals surface area (Å²) in [6, 6.07) is 16.8. The fourth-order valence-electron chi connectivity index (χ4n) is 3.21. The molecule has 0 saturated heterocycles. The third kappa shape index (κ3) is 4.05. The third-order valence-corrected chi connectivity index (χ3v) is 4.88. The lowest BCUT2D eigenvalue weighted by Gasteiger charge is -2.18. The quantitative estimate of drug-likeness (QED) is 0.636. The van der Waals surface area contributed by atoms with E-state index in [0.29, 0.717) is 5.92 Å². The van der Waals surface area contributed by atoms with Crippen molar-refractivity contribution < 1.29 is 4.79 Å². The molecule has 0 atom stereocenters. The molecule has 24 heavy (non-hydrogen) atoms. The summed E-state index contributed by atoms with van der Waals surface area (Å²) in [4.78, 5) is 14.2. The van der Waals surface area contributed by atoms with Gasteiger partial charge in [0.25, 0.3) is 5.91 Å². The van der Waals surface area contributed by atoms with Crippen molar-refractivity contribution >= 4 is 5.91 Å². The zero-order valence-electron chi connectivity index (χ0n) is 15.4. The van der Waals surface area contributed by atoms with Crippen LogP contribution in [-0.4, -0.2) is 23.9 Å². The van der Waals surface area contributed by atoms with E-state index in [1.807, 2.05) is 43.0 Å². The molecule has 0 aromatic heterocycles. The maximum Gasteiger partial charge on any atom is 0.253 e. The summed E-state index contributed by atoms with van der Waals surface area (Å²) >= 11 is 0. The lowest BCUT2D eigenvalue weighted by atomic mass is 9.92. The molecule has 0 radical (unpaired) electrons. The molecule has 0 spiro atoms. The van der Waals surface area contributed by atoms with Crippen LogP contribution in [0.15, 0.2) is 48.5 Å². The van der Waals surface area contributed by atoms with Crippen LogP contribution in [0.1, 0.15) is 62.4 Å². The van der Waals surface area contributed by atoms with Crippen LogP contribution in [0.25, 0.3) is 11.1 Å². The molecule has 2 rings (SSSR count). The Morgan fingerprint density at radius 2 is 1.25 bits per heavy atom. The lowest BCUT2D eigenvalue weighted by molar-refractivity contribution is 0.0773. The number of nitrogens with zero attached hydrogens (tertiary/aromatic N) is 1. The maximum atomic E-state index is 12.4. The number of carbonyl (C=O) groups excluding carboxylic acids is 1. The normalized spacial score (nSPS) is 10.9. The molecule has 0 aliphatic rings. The van der Waals surface area contributed by atoms with E-state index < -0.39 is 0 Å². The Balaban J connectivity index is 2.17. The van der Waals surface area contributed by atoms with Crippen molar-refractivity contribution in [2.45, 2.75) is 46.5 Å². The zero-order chi connectivity index (χ0) is 17.5. The second-order valence-electron chi connectivity index (χ2n) is 6.19. The molecule has 0 saturated carbocycles. The Kier molecular flexibility index (Phi) is 6.60. The molecule has 0 bridgehead atoms. The van der Waals surface area contributed by atoms with E-state index in [4.69, 9.17) is 0 Å². The van der Waals surface area contributed by atoms with Gasteiger partial charge in [-0.2, -0.15) is 0 Å². The van der Waals surface area contributed by atoms with Gasteiger partial charge in [0, 0.05) is 18.7 Å². The predicted octanol–water partition coefficient (Wildman–Crippen LogP) is 5.74. The molecular formula is C22H29NO. The van der Waals surface area contributed by atoms with Gasteiger partial charge in [0.05, 0.1) is 0 Å². The minimum atomic E-state index is 0.107. The summed E-state index contributed by atoms with van der Waals surface area (Å²) in [6.45, 7) is 10.00. The van der Waals surface area contributed by atoms with Crippen molar-refractivity contribution in [1.29, 1.82) is 0 Å². The molecule has 0 N–H and O–H groups in total. The van der Waals surface area contributed by atoms with Crippen molar-refractivity contribution in [2.75, 3.05) is 13.1 Å². The second kappa shape index (κ2) is 8.68. The zero-order valence-corrected chi connectivity index (χ0v) is 15.4. The largest absolute Gasteiger partial charge is 0.339 e. The number of rotatable bonds is 7. The average Bonchev–Trinajstić information content (AvgIpc) is 2.64. The van der Waals surface area contributed by atoms with E-state index in [0.717, 1.165) is 24.2 Å². The summed E-state index contributed by atoms with van der Waals surface area (Å²) in [7, 11) is 0. The number of carbonyl (C=O) groups is 1. The monoisotopic (exact) mass is 323 g/mol. The molecule has 2 aromatic rings. The highest BCUT2D eigenvalue weighted by molar-refractivity contribution is 5.94. The number of benzene rings is 2. The van der Waals surface area contributed by atoms with E-state index in [-0.39, 0.29) is 5.91 Å². The predicted molar refractivity (Wildman–Crippen MR) is 102 cm³/mol. The first-order valence-corrected chi connectivity index (χ1v) is 9.14. The lowest BCUT2D eigenvalue weighted by Crippen LogP contribution is -2.30. The summed E-state index contributed by atoms with van der Waals surface area (Å²) in [6.07, 6.45) is 2.36. The van der Waals surface area contributed by atoms with Gasteiger partial charge in [-0.25, -0.2) is 0 Å². The van der Waals surface area contributed by atoms with E-state index >= 15 is 0 Å². The Hall–Kier alpha value is -2.09. The average molecular weight is 323 g/mol. The molecule has 0 aliphatic carbocycles. The van der Waals surface area contributed by atoms with Crippen LogP contribution in [0.5, 0.6) is 0 Å². The summed E-state index contributed by atoms with van der Waals surface area (Å²) < 4.78 is 0. The van der Waals surface area contributed by atoms with Crippen LogP contribution >= 0.6 is 0 Å². The molecule has 0 heterocycles. The molecule has 2 nitrogen and oxygen atoms in total. The molecule has 2 heteroatoms. The van der Waals surface area contributed by atoms with Crippen molar-refractivity contribution in [2.24, 2.45) is 0 Å². The highest BCUT2D eigenvalue weighted by Crippen LogP contribution is 2.26. The Labute approximate surface area is 146 Å². The van der Waals surface area contributed by atoms with Crippen molar-refractivity contribution in [1.82, 2.24) is 4.90 Å². The van der Waals surface area contributed by atoms with Crippen molar-refractivity contribution in [3.05, 3.63) is 59.7 Å². The van der Waals surface area contributed by atoms with Gasteiger partial charge in [-0.05, 0) is 61.4 Å². The van der Waals surface area contributed by atoms with Gasteiger partial charge in [0.2, 0.25) is 0 Å². The third-order valence-electron chi connectivity index (χ3n) is 4.88. The maximum absolute atomic E-state index is 12.4. The van der Waals surface area contributed by atoms with E-state index in [9.17, 15) is 4.79 Å². The van der Waals surface area contributed by atoms with Crippen LogP contribution in [0.3, 0.4) is 0 Å². The van der Waals surface area contributed by atoms with Crippen LogP contribution in [0, 0.1) is 0 Å². The van der Waals surface area contributed by atoms with E-state index in [1.165, 1.54) is 24.0 Å². The van der Waals surface area contributed by atoms with Crippen molar-refractivity contribution in [3.8, 4) is 11.1 Å². The summed E-state index contributed by atoms with van der Waals surface area (Å²) in [5, 5.41) is 0. The van der Waals surface area contributed by atoms with Crippen molar-refractivity contribution in [3.63, 3.8) is 0 Å². The van der Waals surface area contributed by atoms with Gasteiger partial charge in [-0.1, -0.05) is 50.2 Å². The molecule has 0 fully saturated rings. The number of hydrogen-bond donors (Lipinski definition) is 0. The fraction of sp³-hybridized carbons (Fsp3) is 0.409. The topological polar surface area (TPSA) is 20.3 Å². The Morgan fingerprint density at radius 3 is 1.67 bits per heavy atom. The van der Waals surface area contributed by atoms with Gasteiger partial charge >= 0.3 is 0 Å². The highest BCUT2D eigenvalue weighted by atomic mass is 16.2. The summed E-state index contributed by atoms with van der Waals surface area (Å²) in [5.74, 6) is 0.753. The summed E-state index contributed by atoms with van der Waals surface area (Å²) in [5.41, 5.74) is 4.53.